The van der Waals surface area contributed by atoms with Gasteiger partial charge in [-0.15, -0.1) is 0 Å². The Hall–Kier alpha value is -3.08. The number of benzene rings is 2. The molecule has 3 aromatic rings. The van der Waals surface area contributed by atoms with E-state index < -0.39 is 0 Å². The van der Waals surface area contributed by atoms with E-state index in [1.807, 2.05) is 13.0 Å². The van der Waals surface area contributed by atoms with Crippen LogP contribution in [0.1, 0.15) is 5.56 Å². The summed E-state index contributed by atoms with van der Waals surface area (Å²) in [5, 5.41) is 0. The van der Waals surface area contributed by atoms with E-state index in [0.29, 0.717) is 17.2 Å². The molecule has 0 atom stereocenters. The van der Waals surface area contributed by atoms with Crippen LogP contribution >= 0.6 is 0 Å². The lowest BCUT2D eigenvalue weighted by molar-refractivity contribution is 0.173. The molecule has 0 aliphatic carbocycles. The monoisotopic (exact) mass is 323 g/mol. The Balaban J connectivity index is 1.92. The highest BCUT2D eigenvalue weighted by molar-refractivity contribution is 5.67. The molecule has 0 amide bonds. The fourth-order valence-corrected chi connectivity index (χ4v) is 2.85. The van der Waals surface area contributed by atoms with Gasteiger partial charge in [-0.1, -0.05) is 18.2 Å². The van der Waals surface area contributed by atoms with Crippen LogP contribution in [0.25, 0.3) is 16.8 Å². The van der Waals surface area contributed by atoms with Gasteiger partial charge in [0.15, 0.2) is 11.5 Å². The Kier molecular flexibility index (Phi) is 3.34. The number of pyridine rings is 1. The Morgan fingerprint density at radius 1 is 1.08 bits per heavy atom. The summed E-state index contributed by atoms with van der Waals surface area (Å²) in [4.78, 5) is 12.5. The third kappa shape index (κ3) is 2.34. The molecule has 1 aliphatic heterocycles. The molecule has 0 saturated carbocycles. The van der Waals surface area contributed by atoms with Gasteiger partial charge < -0.3 is 9.47 Å². The fraction of sp³-hybridized carbons (Fsp3) is 0.105. The van der Waals surface area contributed by atoms with Crippen LogP contribution in [0.5, 0.6) is 11.5 Å². The van der Waals surface area contributed by atoms with Crippen LogP contribution in [-0.4, -0.2) is 11.4 Å². The van der Waals surface area contributed by atoms with Crippen LogP contribution in [0.4, 0.5) is 4.39 Å². The molecular formula is C19H14FNO3. The van der Waals surface area contributed by atoms with E-state index in [1.165, 1.54) is 16.7 Å². The van der Waals surface area contributed by atoms with Crippen molar-refractivity contribution in [2.75, 3.05) is 6.79 Å². The minimum atomic E-state index is -0.295. The number of aromatic nitrogens is 1. The number of halogens is 1. The zero-order valence-electron chi connectivity index (χ0n) is 13.0. The molecule has 0 unspecified atom stereocenters. The largest absolute Gasteiger partial charge is 0.454 e. The van der Waals surface area contributed by atoms with Crippen LogP contribution in [0, 0.1) is 12.7 Å². The molecule has 0 spiro atoms. The van der Waals surface area contributed by atoms with Crippen molar-refractivity contribution in [2.45, 2.75) is 6.92 Å². The van der Waals surface area contributed by atoms with E-state index in [9.17, 15) is 9.18 Å². The fourth-order valence-electron chi connectivity index (χ4n) is 2.85. The van der Waals surface area contributed by atoms with E-state index in [2.05, 4.69) is 0 Å². The van der Waals surface area contributed by atoms with E-state index in [0.717, 1.165) is 16.7 Å². The van der Waals surface area contributed by atoms with Crippen molar-refractivity contribution < 1.29 is 13.9 Å². The van der Waals surface area contributed by atoms with Gasteiger partial charge >= 0.3 is 0 Å². The molecular weight excluding hydrogens is 309 g/mol. The van der Waals surface area contributed by atoms with Crippen LogP contribution in [0.2, 0.25) is 0 Å². The molecule has 0 radical (unpaired) electrons. The van der Waals surface area contributed by atoms with Crippen molar-refractivity contribution in [1.29, 1.82) is 0 Å². The lowest BCUT2D eigenvalue weighted by Gasteiger charge is -2.13. The van der Waals surface area contributed by atoms with Crippen molar-refractivity contribution >= 4 is 0 Å². The van der Waals surface area contributed by atoms with Gasteiger partial charge in [0.05, 0.1) is 5.69 Å². The van der Waals surface area contributed by atoms with E-state index in [4.69, 9.17) is 9.47 Å². The molecule has 4 rings (SSSR count). The van der Waals surface area contributed by atoms with Crippen LogP contribution in [0.3, 0.4) is 0 Å². The highest BCUT2D eigenvalue weighted by Crippen LogP contribution is 2.37. The second-order valence-corrected chi connectivity index (χ2v) is 5.60. The number of hydrogen-bond acceptors (Lipinski definition) is 3. The smallest absolute Gasteiger partial charge is 0.255 e. The predicted molar refractivity (Wildman–Crippen MR) is 88.3 cm³/mol. The van der Waals surface area contributed by atoms with Crippen LogP contribution in [0.15, 0.2) is 59.5 Å². The third-order valence-corrected chi connectivity index (χ3v) is 4.05. The number of nitrogens with zero attached hydrogens (tertiary/aromatic N) is 1. The van der Waals surface area contributed by atoms with Crippen LogP contribution < -0.4 is 15.0 Å². The lowest BCUT2D eigenvalue weighted by atomic mass is 10.0. The Labute approximate surface area is 137 Å². The summed E-state index contributed by atoms with van der Waals surface area (Å²) in [7, 11) is 0. The maximum absolute atomic E-state index is 13.2. The molecule has 0 bridgehead atoms. The predicted octanol–water partition coefficient (Wildman–Crippen LogP) is 3.68. The van der Waals surface area contributed by atoms with Gasteiger partial charge in [-0.25, -0.2) is 4.39 Å². The summed E-state index contributed by atoms with van der Waals surface area (Å²) in [6, 6.07) is 13.2. The molecule has 120 valence electrons. The van der Waals surface area contributed by atoms with E-state index in [-0.39, 0.29) is 18.2 Å². The summed E-state index contributed by atoms with van der Waals surface area (Å²) in [6.45, 7) is 2.00. The first-order chi connectivity index (χ1) is 11.6. The molecule has 5 heteroatoms. The first-order valence-corrected chi connectivity index (χ1v) is 7.52. The van der Waals surface area contributed by atoms with Gasteiger partial charge in [0.1, 0.15) is 5.82 Å². The average molecular weight is 323 g/mol. The molecule has 0 N–H and O–H groups in total. The molecule has 0 fully saturated rings. The number of hydrogen-bond donors (Lipinski definition) is 0. The van der Waals surface area contributed by atoms with Gasteiger partial charge in [0, 0.05) is 17.8 Å². The second-order valence-electron chi connectivity index (χ2n) is 5.60. The van der Waals surface area contributed by atoms with Crippen molar-refractivity contribution in [2.24, 2.45) is 0 Å². The minimum absolute atomic E-state index is 0.137. The van der Waals surface area contributed by atoms with Crippen molar-refractivity contribution in [1.82, 2.24) is 4.57 Å². The number of para-hydroxylation sites is 1. The van der Waals surface area contributed by atoms with Gasteiger partial charge in [-0.3, -0.25) is 9.36 Å². The summed E-state index contributed by atoms with van der Waals surface area (Å²) in [5.41, 5.74) is 2.98. The molecule has 2 heterocycles. The Morgan fingerprint density at radius 2 is 1.88 bits per heavy atom. The number of ether oxygens (including phenoxy) is 2. The van der Waals surface area contributed by atoms with Crippen LogP contribution in [-0.2, 0) is 0 Å². The highest BCUT2D eigenvalue weighted by Gasteiger charge is 2.19. The summed E-state index contributed by atoms with van der Waals surface area (Å²) in [6.07, 6.45) is 1.75. The SMILES string of the molecule is Cc1cc(=O)n(-c2cccc3c2OCO3)cc1-c1ccc(F)cc1. The van der Waals surface area contributed by atoms with Crippen molar-refractivity contribution in [3.8, 4) is 28.3 Å². The molecule has 24 heavy (non-hydrogen) atoms. The topological polar surface area (TPSA) is 40.5 Å². The maximum Gasteiger partial charge on any atom is 0.255 e. The van der Waals surface area contributed by atoms with Crippen molar-refractivity contribution in [3.63, 3.8) is 0 Å². The summed E-state index contributed by atoms with van der Waals surface area (Å²) < 4.78 is 25.6. The zero-order valence-corrected chi connectivity index (χ0v) is 13.0. The lowest BCUT2D eigenvalue weighted by Crippen LogP contribution is -2.18. The van der Waals surface area contributed by atoms with Gasteiger partial charge in [0.2, 0.25) is 6.79 Å². The van der Waals surface area contributed by atoms with Gasteiger partial charge in [-0.2, -0.15) is 0 Å². The standard InChI is InChI=1S/C19H14FNO3/c1-12-9-18(22)21(10-15(12)13-5-7-14(20)8-6-13)16-3-2-4-17-19(16)24-11-23-17/h2-10H,11H2,1H3. The van der Waals surface area contributed by atoms with E-state index in [1.54, 1.807) is 36.5 Å². The summed E-state index contributed by atoms with van der Waals surface area (Å²) in [5.74, 6) is 0.868. The average Bonchev–Trinajstić information content (AvgIpc) is 3.05. The maximum atomic E-state index is 13.2. The van der Waals surface area contributed by atoms with Crippen molar-refractivity contribution in [3.05, 3.63) is 76.5 Å². The second kappa shape index (κ2) is 5.53. The minimum Gasteiger partial charge on any atom is -0.454 e. The zero-order chi connectivity index (χ0) is 16.7. The molecule has 0 saturated heterocycles. The van der Waals surface area contributed by atoms with Gasteiger partial charge in [-0.05, 0) is 42.3 Å². The number of fused-ring (bicyclic) bond motifs is 1. The molecule has 1 aromatic heterocycles. The summed E-state index contributed by atoms with van der Waals surface area (Å²) >= 11 is 0. The quantitative estimate of drug-likeness (QED) is 0.722. The number of aryl methyl sites for hydroxylation is 1. The third-order valence-electron chi connectivity index (χ3n) is 4.05. The Morgan fingerprint density at radius 3 is 2.67 bits per heavy atom. The molecule has 4 nitrogen and oxygen atoms in total. The van der Waals surface area contributed by atoms with Gasteiger partial charge in [0.25, 0.3) is 5.56 Å². The first kappa shape index (κ1) is 14.5. The number of rotatable bonds is 2. The molecule has 1 aliphatic rings. The normalized spacial score (nSPS) is 12.4. The molecule has 2 aromatic carbocycles. The first-order valence-electron chi connectivity index (χ1n) is 7.52. The van der Waals surface area contributed by atoms with E-state index >= 15 is 0 Å². The highest BCUT2D eigenvalue weighted by atomic mass is 19.1. The Bertz CT molecular complexity index is 977.